The second-order valence-corrected chi connectivity index (χ2v) is 6.32. The summed E-state index contributed by atoms with van der Waals surface area (Å²) in [5.74, 6) is 1.41. The number of oxazole rings is 1. The zero-order valence-electron chi connectivity index (χ0n) is 12.6. The number of carbonyl (C=O) groups excluding carboxylic acids is 1. The third-order valence-corrected chi connectivity index (χ3v) is 4.75. The van der Waals surface area contributed by atoms with Crippen LogP contribution in [0.2, 0.25) is 0 Å². The number of thiophene rings is 1. The van der Waals surface area contributed by atoms with Crippen molar-refractivity contribution in [2.24, 2.45) is 0 Å². The molecule has 1 amide bonds. The number of nitrogens with zero attached hydrogens (tertiary/aromatic N) is 1. The lowest BCUT2D eigenvalue weighted by Crippen LogP contribution is -2.14. The van der Waals surface area contributed by atoms with E-state index in [-0.39, 0.29) is 5.91 Å². The predicted molar refractivity (Wildman–Crippen MR) is 89.5 cm³/mol. The number of benzene rings is 1. The van der Waals surface area contributed by atoms with Gasteiger partial charge in [-0.2, -0.15) is 0 Å². The topological polar surface area (TPSA) is 67.2 Å². The van der Waals surface area contributed by atoms with Crippen molar-refractivity contribution >= 4 is 22.9 Å². The molecule has 0 bridgehead atoms. The monoisotopic (exact) mass is 325 g/mol. The number of rotatable bonds is 4. The Kier molecular flexibility index (Phi) is 3.38. The van der Waals surface area contributed by atoms with Crippen LogP contribution < -0.4 is 10.6 Å². The average Bonchev–Trinajstić information content (AvgIpc) is 3.26. The molecule has 0 radical (unpaired) electrons. The summed E-state index contributed by atoms with van der Waals surface area (Å²) in [6, 6.07) is 9.80. The van der Waals surface area contributed by atoms with Gasteiger partial charge in [-0.25, -0.2) is 4.98 Å². The van der Waals surface area contributed by atoms with E-state index in [9.17, 15) is 4.79 Å². The molecule has 0 unspecified atom stereocenters. The summed E-state index contributed by atoms with van der Waals surface area (Å²) in [5, 5.41) is 8.16. The summed E-state index contributed by atoms with van der Waals surface area (Å²) in [6.07, 6.45) is 0. The molecule has 0 spiro atoms. The molecule has 0 saturated heterocycles. The van der Waals surface area contributed by atoms with Crippen LogP contribution in [0.3, 0.4) is 0 Å². The maximum Gasteiger partial charge on any atom is 0.253 e. The maximum absolute atomic E-state index is 11.9. The highest BCUT2D eigenvalue weighted by Crippen LogP contribution is 2.28. The molecule has 116 valence electrons. The molecule has 2 aromatic heterocycles. The fourth-order valence-corrected chi connectivity index (χ4v) is 3.35. The van der Waals surface area contributed by atoms with Gasteiger partial charge in [0.1, 0.15) is 11.5 Å². The molecule has 2 N–H and O–H groups in total. The van der Waals surface area contributed by atoms with Gasteiger partial charge in [0.15, 0.2) is 0 Å². The Morgan fingerprint density at radius 3 is 3.09 bits per heavy atom. The first kappa shape index (κ1) is 14.0. The molecular formula is C17H15N3O2S. The maximum atomic E-state index is 11.9. The molecule has 6 heteroatoms. The first-order valence-electron chi connectivity index (χ1n) is 7.36. The van der Waals surface area contributed by atoms with Crippen molar-refractivity contribution in [2.75, 3.05) is 5.32 Å². The molecule has 23 heavy (non-hydrogen) atoms. The Labute approximate surface area is 137 Å². The van der Waals surface area contributed by atoms with Crippen molar-refractivity contribution in [2.45, 2.75) is 20.0 Å². The van der Waals surface area contributed by atoms with Gasteiger partial charge in [0.05, 0.1) is 17.0 Å². The molecule has 4 rings (SSSR count). The summed E-state index contributed by atoms with van der Waals surface area (Å²) in [4.78, 5) is 17.5. The minimum atomic E-state index is -0.0285. The number of hydrogen-bond donors (Lipinski definition) is 2. The molecule has 3 heterocycles. The van der Waals surface area contributed by atoms with Crippen LogP contribution in [-0.2, 0) is 13.1 Å². The van der Waals surface area contributed by atoms with Gasteiger partial charge in [-0.05, 0) is 30.0 Å². The minimum absolute atomic E-state index is 0.0285. The van der Waals surface area contributed by atoms with Crippen molar-refractivity contribution in [3.63, 3.8) is 0 Å². The molecule has 0 aliphatic carbocycles. The van der Waals surface area contributed by atoms with Gasteiger partial charge in [-0.15, -0.1) is 11.3 Å². The number of fused-ring (bicyclic) bond motifs is 1. The zero-order chi connectivity index (χ0) is 15.8. The van der Waals surface area contributed by atoms with Gasteiger partial charge >= 0.3 is 0 Å². The lowest BCUT2D eigenvalue weighted by molar-refractivity contribution is 0.0966. The second-order valence-electron chi connectivity index (χ2n) is 5.38. The van der Waals surface area contributed by atoms with Crippen LogP contribution in [-0.4, -0.2) is 10.9 Å². The van der Waals surface area contributed by atoms with Crippen LogP contribution in [0.1, 0.15) is 27.4 Å². The Hall–Kier alpha value is -2.60. The molecule has 0 saturated carbocycles. The van der Waals surface area contributed by atoms with Crippen molar-refractivity contribution in [1.82, 2.24) is 10.3 Å². The normalized spacial score (nSPS) is 13.0. The number of anilines is 1. The van der Waals surface area contributed by atoms with Gasteiger partial charge < -0.3 is 15.1 Å². The van der Waals surface area contributed by atoms with Gasteiger partial charge in [-0.3, -0.25) is 4.79 Å². The molecule has 0 atom stereocenters. The van der Waals surface area contributed by atoms with Gasteiger partial charge in [-0.1, -0.05) is 18.2 Å². The third-order valence-electron chi connectivity index (χ3n) is 3.89. The van der Waals surface area contributed by atoms with Crippen molar-refractivity contribution in [3.8, 4) is 10.8 Å². The molecule has 1 aromatic carbocycles. The highest BCUT2D eigenvalue weighted by Gasteiger charge is 2.22. The first-order chi connectivity index (χ1) is 11.2. The summed E-state index contributed by atoms with van der Waals surface area (Å²) in [6.45, 7) is 3.02. The van der Waals surface area contributed by atoms with Gasteiger partial charge in [0, 0.05) is 12.2 Å². The van der Waals surface area contributed by atoms with E-state index in [0.717, 1.165) is 33.1 Å². The average molecular weight is 325 g/mol. The lowest BCUT2D eigenvalue weighted by Gasteiger charge is -2.08. The summed E-state index contributed by atoms with van der Waals surface area (Å²) < 4.78 is 5.74. The van der Waals surface area contributed by atoms with Crippen LogP contribution in [0.25, 0.3) is 10.8 Å². The second kappa shape index (κ2) is 5.55. The van der Waals surface area contributed by atoms with Crippen molar-refractivity contribution < 1.29 is 9.21 Å². The standard InChI is InChI=1S/C17H15N3O2S/c1-10-13(20-17(22-10)14-6-3-7-23-14)9-18-12-5-2-4-11-8-19-16(21)15(11)12/h2-7,18H,8-9H2,1H3,(H,19,21). The van der Waals surface area contributed by atoms with Gasteiger partial charge in [0.2, 0.25) is 5.89 Å². The first-order valence-corrected chi connectivity index (χ1v) is 8.24. The van der Waals surface area contributed by atoms with Crippen LogP contribution in [0.4, 0.5) is 5.69 Å². The fraction of sp³-hybridized carbons (Fsp3) is 0.176. The molecule has 5 nitrogen and oxygen atoms in total. The summed E-state index contributed by atoms with van der Waals surface area (Å²) >= 11 is 1.60. The fourth-order valence-electron chi connectivity index (χ4n) is 2.70. The largest absolute Gasteiger partial charge is 0.440 e. The van der Waals surface area contributed by atoms with Crippen molar-refractivity contribution in [3.05, 3.63) is 58.3 Å². The smallest absolute Gasteiger partial charge is 0.253 e. The minimum Gasteiger partial charge on any atom is -0.440 e. The van der Waals surface area contributed by atoms with Crippen molar-refractivity contribution in [1.29, 1.82) is 0 Å². The van der Waals surface area contributed by atoms with E-state index in [2.05, 4.69) is 15.6 Å². The van der Waals surface area contributed by atoms with E-state index in [0.29, 0.717) is 19.0 Å². The quantitative estimate of drug-likeness (QED) is 0.769. The Morgan fingerprint density at radius 1 is 1.35 bits per heavy atom. The van der Waals surface area contributed by atoms with Crippen LogP contribution in [0, 0.1) is 6.92 Å². The number of nitrogens with one attached hydrogen (secondary N) is 2. The third kappa shape index (κ3) is 2.51. The van der Waals surface area contributed by atoms with E-state index >= 15 is 0 Å². The van der Waals surface area contributed by atoms with Crippen LogP contribution >= 0.6 is 11.3 Å². The number of hydrogen-bond acceptors (Lipinski definition) is 5. The lowest BCUT2D eigenvalue weighted by atomic mass is 10.1. The Morgan fingerprint density at radius 2 is 2.26 bits per heavy atom. The van der Waals surface area contributed by atoms with E-state index in [1.54, 1.807) is 11.3 Å². The molecule has 1 aliphatic rings. The van der Waals surface area contributed by atoms with E-state index in [1.807, 2.05) is 42.6 Å². The summed E-state index contributed by atoms with van der Waals surface area (Å²) in [7, 11) is 0. The van der Waals surface area contributed by atoms with E-state index < -0.39 is 0 Å². The zero-order valence-corrected chi connectivity index (χ0v) is 13.4. The number of aryl methyl sites for hydroxylation is 1. The number of aromatic nitrogens is 1. The molecule has 1 aliphatic heterocycles. The predicted octanol–water partition coefficient (Wildman–Crippen LogP) is 3.57. The highest BCUT2D eigenvalue weighted by molar-refractivity contribution is 7.13. The van der Waals surface area contributed by atoms with Crippen LogP contribution in [0.15, 0.2) is 40.1 Å². The van der Waals surface area contributed by atoms with E-state index in [1.165, 1.54) is 0 Å². The van der Waals surface area contributed by atoms with Crippen LogP contribution in [0.5, 0.6) is 0 Å². The molecule has 0 fully saturated rings. The van der Waals surface area contributed by atoms with Gasteiger partial charge in [0.25, 0.3) is 5.91 Å². The Bertz CT molecular complexity index is 868. The number of carbonyl (C=O) groups is 1. The SMILES string of the molecule is Cc1oc(-c2cccs2)nc1CNc1cccc2c1C(=O)NC2. The van der Waals surface area contributed by atoms with E-state index in [4.69, 9.17) is 4.42 Å². The molecule has 3 aromatic rings. The Balaban J connectivity index is 1.57. The highest BCUT2D eigenvalue weighted by atomic mass is 32.1. The summed E-state index contributed by atoms with van der Waals surface area (Å²) in [5.41, 5.74) is 3.44. The number of amides is 1. The molecular weight excluding hydrogens is 310 g/mol.